The van der Waals surface area contributed by atoms with Crippen molar-refractivity contribution in [1.29, 1.82) is 5.26 Å². The maximum absolute atomic E-state index is 12.7. The molecular formula is C8H6FNO. The Morgan fingerprint density at radius 3 is 2.64 bits per heavy atom. The second-order valence-electron chi connectivity index (χ2n) is 2.05. The van der Waals surface area contributed by atoms with Gasteiger partial charge in [-0.2, -0.15) is 5.26 Å². The van der Waals surface area contributed by atoms with Gasteiger partial charge in [-0.05, 0) is 6.07 Å². The van der Waals surface area contributed by atoms with Gasteiger partial charge in [0, 0.05) is 5.56 Å². The molecule has 56 valence electrons. The van der Waals surface area contributed by atoms with Gasteiger partial charge in [-0.3, -0.25) is 0 Å². The van der Waals surface area contributed by atoms with Crippen LogP contribution < -0.4 is 0 Å². The van der Waals surface area contributed by atoms with E-state index in [4.69, 9.17) is 10.4 Å². The molecule has 0 spiro atoms. The van der Waals surface area contributed by atoms with Crippen molar-refractivity contribution >= 4 is 0 Å². The normalized spacial score (nSPS) is 12.1. The molecule has 0 aliphatic carbocycles. The lowest BCUT2D eigenvalue weighted by Gasteiger charge is -2.01. The van der Waals surface area contributed by atoms with Crippen LogP contribution in [-0.4, -0.2) is 5.11 Å². The highest BCUT2D eigenvalue weighted by atomic mass is 19.1. The van der Waals surface area contributed by atoms with Crippen LogP contribution in [0.2, 0.25) is 0 Å². The minimum atomic E-state index is -1.36. The van der Waals surface area contributed by atoms with Crippen molar-refractivity contribution in [3.8, 4) is 6.07 Å². The summed E-state index contributed by atoms with van der Waals surface area (Å²) >= 11 is 0. The van der Waals surface area contributed by atoms with E-state index in [0.29, 0.717) is 0 Å². The number of hydrogen-bond acceptors (Lipinski definition) is 2. The van der Waals surface area contributed by atoms with Gasteiger partial charge in [0.05, 0.1) is 6.07 Å². The van der Waals surface area contributed by atoms with E-state index in [9.17, 15) is 4.39 Å². The molecule has 0 bridgehead atoms. The summed E-state index contributed by atoms with van der Waals surface area (Å²) in [4.78, 5) is 0. The molecule has 0 fully saturated rings. The van der Waals surface area contributed by atoms with Gasteiger partial charge in [0.15, 0.2) is 6.10 Å². The predicted molar refractivity (Wildman–Crippen MR) is 37.0 cm³/mol. The Morgan fingerprint density at radius 1 is 1.45 bits per heavy atom. The van der Waals surface area contributed by atoms with Gasteiger partial charge >= 0.3 is 0 Å². The Morgan fingerprint density at radius 2 is 2.09 bits per heavy atom. The molecule has 0 aromatic heterocycles. The zero-order valence-corrected chi connectivity index (χ0v) is 5.66. The van der Waals surface area contributed by atoms with Crippen LogP contribution in [0.15, 0.2) is 24.3 Å². The summed E-state index contributed by atoms with van der Waals surface area (Å²) in [5.74, 6) is -0.554. The lowest BCUT2D eigenvalue weighted by Crippen LogP contribution is -1.96. The highest BCUT2D eigenvalue weighted by Crippen LogP contribution is 2.14. The first-order valence-corrected chi connectivity index (χ1v) is 3.08. The number of benzene rings is 1. The summed E-state index contributed by atoms with van der Waals surface area (Å²) in [6.45, 7) is 0. The zero-order chi connectivity index (χ0) is 8.27. The molecule has 1 unspecified atom stereocenters. The third-order valence-electron chi connectivity index (χ3n) is 1.32. The molecule has 1 atom stereocenters. The highest BCUT2D eigenvalue weighted by molar-refractivity contribution is 5.23. The molecule has 0 aliphatic heterocycles. The van der Waals surface area contributed by atoms with Gasteiger partial charge in [0.2, 0.25) is 0 Å². The standard InChI is InChI=1S/C8H6FNO/c9-7-4-2-1-3-6(7)8(11)5-10/h1-4,8,11H. The van der Waals surface area contributed by atoms with Crippen LogP contribution in [0.4, 0.5) is 4.39 Å². The molecule has 2 nitrogen and oxygen atoms in total. The second-order valence-corrected chi connectivity index (χ2v) is 2.05. The van der Waals surface area contributed by atoms with Crippen molar-refractivity contribution < 1.29 is 9.50 Å². The van der Waals surface area contributed by atoms with Gasteiger partial charge in [-0.1, -0.05) is 18.2 Å². The van der Waals surface area contributed by atoms with E-state index in [0.717, 1.165) is 0 Å². The summed E-state index contributed by atoms with van der Waals surface area (Å²) in [7, 11) is 0. The molecule has 0 aliphatic rings. The molecule has 0 radical (unpaired) electrons. The summed E-state index contributed by atoms with van der Waals surface area (Å²) in [5.41, 5.74) is 0.0231. The molecule has 11 heavy (non-hydrogen) atoms. The maximum Gasteiger partial charge on any atom is 0.168 e. The molecule has 0 amide bonds. The molecule has 3 heteroatoms. The topological polar surface area (TPSA) is 44.0 Å². The Bertz CT molecular complexity index is 292. The summed E-state index contributed by atoms with van der Waals surface area (Å²) < 4.78 is 12.7. The number of hydrogen-bond donors (Lipinski definition) is 1. The first-order chi connectivity index (χ1) is 5.25. The smallest absolute Gasteiger partial charge is 0.168 e. The number of nitriles is 1. The minimum absolute atomic E-state index is 0.0231. The summed E-state index contributed by atoms with van der Waals surface area (Å²) in [6, 6.07) is 7.19. The van der Waals surface area contributed by atoms with Crippen LogP contribution in [0.5, 0.6) is 0 Å². The van der Waals surface area contributed by atoms with E-state index in [-0.39, 0.29) is 5.56 Å². The van der Waals surface area contributed by atoms with Crippen molar-refractivity contribution in [3.63, 3.8) is 0 Å². The average Bonchev–Trinajstić information content (AvgIpc) is 2.04. The Labute approximate surface area is 63.5 Å². The van der Waals surface area contributed by atoms with Crippen LogP contribution in [0, 0.1) is 17.1 Å². The molecule has 1 aromatic carbocycles. The van der Waals surface area contributed by atoms with E-state index in [1.54, 1.807) is 6.07 Å². The summed E-state index contributed by atoms with van der Waals surface area (Å²) in [5, 5.41) is 17.2. The maximum atomic E-state index is 12.7. The average molecular weight is 151 g/mol. The van der Waals surface area contributed by atoms with Gasteiger partial charge in [0.25, 0.3) is 0 Å². The molecule has 0 saturated carbocycles. The summed E-state index contributed by atoms with van der Waals surface area (Å²) in [6.07, 6.45) is -1.36. The van der Waals surface area contributed by atoms with Gasteiger partial charge < -0.3 is 5.11 Å². The van der Waals surface area contributed by atoms with Crippen LogP contribution in [0.3, 0.4) is 0 Å². The molecule has 1 N–H and O–H groups in total. The Balaban J connectivity index is 3.05. The zero-order valence-electron chi connectivity index (χ0n) is 5.66. The second kappa shape index (κ2) is 3.13. The molecular weight excluding hydrogens is 145 g/mol. The van der Waals surface area contributed by atoms with E-state index < -0.39 is 11.9 Å². The van der Waals surface area contributed by atoms with Crippen molar-refractivity contribution in [2.75, 3.05) is 0 Å². The number of aliphatic hydroxyl groups excluding tert-OH is 1. The lowest BCUT2D eigenvalue weighted by atomic mass is 10.1. The SMILES string of the molecule is N#CC(O)c1ccccc1F. The number of halogens is 1. The minimum Gasteiger partial charge on any atom is -0.374 e. The fourth-order valence-electron chi connectivity index (χ4n) is 0.766. The lowest BCUT2D eigenvalue weighted by molar-refractivity contribution is 0.230. The van der Waals surface area contributed by atoms with Crippen LogP contribution >= 0.6 is 0 Å². The predicted octanol–water partition coefficient (Wildman–Crippen LogP) is 1.38. The van der Waals surface area contributed by atoms with Gasteiger partial charge in [-0.25, -0.2) is 4.39 Å². The monoisotopic (exact) mass is 151 g/mol. The molecule has 1 aromatic rings. The fraction of sp³-hybridized carbons (Fsp3) is 0.125. The Hall–Kier alpha value is -1.40. The molecule has 0 saturated heterocycles. The Kier molecular flexibility index (Phi) is 2.19. The van der Waals surface area contributed by atoms with Crippen molar-refractivity contribution in [1.82, 2.24) is 0 Å². The first kappa shape index (κ1) is 7.70. The van der Waals surface area contributed by atoms with Crippen LogP contribution in [0.1, 0.15) is 11.7 Å². The highest BCUT2D eigenvalue weighted by Gasteiger charge is 2.09. The van der Waals surface area contributed by atoms with E-state index in [2.05, 4.69) is 0 Å². The van der Waals surface area contributed by atoms with Crippen molar-refractivity contribution in [3.05, 3.63) is 35.6 Å². The quantitative estimate of drug-likeness (QED) is 0.616. The van der Waals surface area contributed by atoms with Gasteiger partial charge in [0.1, 0.15) is 5.82 Å². The van der Waals surface area contributed by atoms with Crippen molar-refractivity contribution in [2.24, 2.45) is 0 Å². The third-order valence-corrected chi connectivity index (χ3v) is 1.32. The van der Waals surface area contributed by atoms with E-state index in [1.165, 1.54) is 24.3 Å². The third kappa shape index (κ3) is 1.54. The number of aliphatic hydroxyl groups is 1. The molecule has 1 rings (SSSR count). The van der Waals surface area contributed by atoms with Crippen LogP contribution in [-0.2, 0) is 0 Å². The van der Waals surface area contributed by atoms with Crippen LogP contribution in [0.25, 0.3) is 0 Å². The molecule has 0 heterocycles. The number of nitrogens with zero attached hydrogens (tertiary/aromatic N) is 1. The van der Waals surface area contributed by atoms with Crippen molar-refractivity contribution in [2.45, 2.75) is 6.10 Å². The number of rotatable bonds is 1. The largest absolute Gasteiger partial charge is 0.374 e. The first-order valence-electron chi connectivity index (χ1n) is 3.08. The van der Waals surface area contributed by atoms with E-state index >= 15 is 0 Å². The van der Waals surface area contributed by atoms with Gasteiger partial charge in [-0.15, -0.1) is 0 Å². The van der Waals surface area contributed by atoms with E-state index in [1.807, 2.05) is 0 Å². The fourth-order valence-corrected chi connectivity index (χ4v) is 0.766.